The van der Waals surface area contributed by atoms with Gasteiger partial charge in [-0.1, -0.05) is 12.1 Å². The molecule has 3 rings (SSSR count). The second-order valence-electron chi connectivity index (χ2n) is 6.62. The fourth-order valence-electron chi connectivity index (χ4n) is 3.02. The van der Waals surface area contributed by atoms with E-state index >= 15 is 0 Å². The van der Waals surface area contributed by atoms with Crippen LogP contribution in [-0.2, 0) is 10.0 Å². The summed E-state index contributed by atoms with van der Waals surface area (Å²) in [5.74, 6) is 0.204. The van der Waals surface area contributed by atoms with Gasteiger partial charge in [0.1, 0.15) is 5.75 Å². The third-order valence-corrected chi connectivity index (χ3v) is 6.56. The molecule has 0 aromatic heterocycles. The van der Waals surface area contributed by atoms with E-state index in [2.05, 4.69) is 10.2 Å². The van der Waals surface area contributed by atoms with Crippen molar-refractivity contribution in [2.75, 3.05) is 45.2 Å². The SMILES string of the molecule is CCOc1ccccc1C(=O)Nc1ccc(S(=O)(=O)N2CCN(C)CC2)cc1. The maximum Gasteiger partial charge on any atom is 0.259 e. The molecule has 1 fully saturated rings. The van der Waals surface area contributed by atoms with Crippen LogP contribution in [0.25, 0.3) is 0 Å². The molecular formula is C20H25N3O4S. The molecule has 0 unspecified atom stereocenters. The maximum absolute atomic E-state index is 12.8. The van der Waals surface area contributed by atoms with Gasteiger partial charge in [0.05, 0.1) is 17.1 Å². The summed E-state index contributed by atoms with van der Waals surface area (Å²) in [4.78, 5) is 14.9. The van der Waals surface area contributed by atoms with Gasteiger partial charge in [-0.2, -0.15) is 4.31 Å². The van der Waals surface area contributed by atoms with Crippen LogP contribution >= 0.6 is 0 Å². The van der Waals surface area contributed by atoms with Crippen LogP contribution in [0.3, 0.4) is 0 Å². The Balaban J connectivity index is 1.72. The minimum absolute atomic E-state index is 0.227. The first-order valence-electron chi connectivity index (χ1n) is 9.23. The number of benzene rings is 2. The van der Waals surface area contributed by atoms with Crippen molar-refractivity contribution in [3.8, 4) is 5.75 Å². The van der Waals surface area contributed by atoms with Gasteiger partial charge in [0.15, 0.2) is 0 Å². The number of amides is 1. The summed E-state index contributed by atoms with van der Waals surface area (Å²) in [7, 11) is -1.55. The molecule has 0 atom stereocenters. The standard InChI is InChI=1S/C20H25N3O4S/c1-3-27-19-7-5-4-6-18(19)20(24)21-16-8-10-17(11-9-16)28(25,26)23-14-12-22(2)13-15-23/h4-11H,3,12-15H2,1-2H3,(H,21,24). The van der Waals surface area contributed by atoms with Crippen molar-refractivity contribution in [1.82, 2.24) is 9.21 Å². The Morgan fingerprint density at radius 1 is 1.04 bits per heavy atom. The Bertz CT molecular complexity index is 921. The van der Waals surface area contributed by atoms with Crippen molar-refractivity contribution in [2.24, 2.45) is 0 Å². The van der Waals surface area contributed by atoms with E-state index in [1.165, 1.54) is 16.4 Å². The van der Waals surface area contributed by atoms with E-state index in [4.69, 9.17) is 4.74 Å². The number of likely N-dealkylation sites (N-methyl/N-ethyl adjacent to an activating group) is 1. The highest BCUT2D eigenvalue weighted by atomic mass is 32.2. The minimum atomic E-state index is -3.52. The third kappa shape index (κ3) is 4.52. The summed E-state index contributed by atoms with van der Waals surface area (Å²) in [6.07, 6.45) is 0. The number of nitrogens with zero attached hydrogens (tertiary/aromatic N) is 2. The van der Waals surface area contributed by atoms with E-state index in [9.17, 15) is 13.2 Å². The van der Waals surface area contributed by atoms with Gasteiger partial charge in [-0.05, 0) is 50.4 Å². The van der Waals surface area contributed by atoms with Gasteiger partial charge in [-0.3, -0.25) is 4.79 Å². The lowest BCUT2D eigenvalue weighted by Gasteiger charge is -2.31. The molecule has 150 valence electrons. The predicted octanol–water partition coefficient (Wildman–Crippen LogP) is 2.27. The minimum Gasteiger partial charge on any atom is -0.493 e. The summed E-state index contributed by atoms with van der Waals surface area (Å²) in [5, 5.41) is 2.79. The average Bonchev–Trinajstić information content (AvgIpc) is 2.69. The molecule has 0 aliphatic carbocycles. The zero-order chi connectivity index (χ0) is 20.1. The predicted molar refractivity (Wildman–Crippen MR) is 108 cm³/mol. The van der Waals surface area contributed by atoms with E-state index in [1.54, 1.807) is 36.4 Å². The lowest BCUT2D eigenvalue weighted by Crippen LogP contribution is -2.46. The number of ether oxygens (including phenoxy) is 1. The summed E-state index contributed by atoms with van der Waals surface area (Å²) < 4.78 is 32.5. The summed E-state index contributed by atoms with van der Waals surface area (Å²) in [5.41, 5.74) is 0.951. The number of anilines is 1. The normalized spacial score (nSPS) is 15.9. The fourth-order valence-corrected chi connectivity index (χ4v) is 4.44. The highest BCUT2D eigenvalue weighted by Gasteiger charge is 2.27. The first-order chi connectivity index (χ1) is 13.4. The van der Waals surface area contributed by atoms with Gasteiger partial charge < -0.3 is 15.0 Å². The number of hydrogen-bond acceptors (Lipinski definition) is 5. The van der Waals surface area contributed by atoms with Crippen molar-refractivity contribution >= 4 is 21.6 Å². The molecule has 1 saturated heterocycles. The highest BCUT2D eigenvalue weighted by Crippen LogP contribution is 2.22. The summed E-state index contributed by atoms with van der Waals surface area (Å²) in [6, 6.07) is 13.3. The van der Waals surface area contributed by atoms with Crippen LogP contribution in [0.4, 0.5) is 5.69 Å². The van der Waals surface area contributed by atoms with Gasteiger partial charge in [0, 0.05) is 31.9 Å². The number of rotatable bonds is 6. The van der Waals surface area contributed by atoms with E-state index in [0.29, 0.717) is 49.8 Å². The van der Waals surface area contributed by atoms with E-state index in [0.717, 1.165) is 0 Å². The lowest BCUT2D eigenvalue weighted by molar-refractivity contribution is 0.102. The Hall–Kier alpha value is -2.42. The van der Waals surface area contributed by atoms with Crippen molar-refractivity contribution in [3.05, 3.63) is 54.1 Å². The Morgan fingerprint density at radius 2 is 1.68 bits per heavy atom. The van der Waals surface area contributed by atoms with Gasteiger partial charge in [-0.25, -0.2) is 8.42 Å². The highest BCUT2D eigenvalue weighted by molar-refractivity contribution is 7.89. The van der Waals surface area contributed by atoms with Crippen molar-refractivity contribution < 1.29 is 17.9 Å². The van der Waals surface area contributed by atoms with Crippen LogP contribution in [0.2, 0.25) is 0 Å². The summed E-state index contributed by atoms with van der Waals surface area (Å²) >= 11 is 0. The van der Waals surface area contributed by atoms with Crippen LogP contribution in [0.1, 0.15) is 17.3 Å². The van der Waals surface area contributed by atoms with E-state index in [1.807, 2.05) is 14.0 Å². The van der Waals surface area contributed by atoms with Crippen molar-refractivity contribution in [3.63, 3.8) is 0 Å². The molecule has 2 aromatic rings. The molecule has 1 N–H and O–H groups in total. The quantitative estimate of drug-likeness (QED) is 0.801. The number of piperazine rings is 1. The topological polar surface area (TPSA) is 78.9 Å². The monoisotopic (exact) mass is 403 g/mol. The van der Waals surface area contributed by atoms with E-state index < -0.39 is 10.0 Å². The molecule has 0 spiro atoms. The Morgan fingerprint density at radius 3 is 2.32 bits per heavy atom. The number of hydrogen-bond donors (Lipinski definition) is 1. The smallest absolute Gasteiger partial charge is 0.259 e. The average molecular weight is 404 g/mol. The second-order valence-corrected chi connectivity index (χ2v) is 8.55. The number of carbonyl (C=O) groups excluding carboxylic acids is 1. The van der Waals surface area contributed by atoms with Crippen LogP contribution < -0.4 is 10.1 Å². The molecule has 1 aliphatic heterocycles. The maximum atomic E-state index is 12.8. The van der Waals surface area contributed by atoms with Gasteiger partial charge >= 0.3 is 0 Å². The molecule has 0 bridgehead atoms. The molecule has 1 heterocycles. The zero-order valence-corrected chi connectivity index (χ0v) is 16.9. The number of para-hydroxylation sites is 1. The second kappa shape index (κ2) is 8.72. The molecule has 0 saturated carbocycles. The van der Waals surface area contributed by atoms with Gasteiger partial charge in [0.2, 0.25) is 10.0 Å². The molecule has 8 heteroatoms. The van der Waals surface area contributed by atoms with Gasteiger partial charge in [0.25, 0.3) is 5.91 Å². The van der Waals surface area contributed by atoms with Crippen LogP contribution in [0.5, 0.6) is 5.75 Å². The summed E-state index contributed by atoms with van der Waals surface area (Å²) in [6.45, 7) is 4.70. The van der Waals surface area contributed by atoms with Crippen molar-refractivity contribution in [2.45, 2.75) is 11.8 Å². The molecule has 0 radical (unpaired) electrons. The molecule has 2 aromatic carbocycles. The molecule has 28 heavy (non-hydrogen) atoms. The number of carbonyl (C=O) groups is 1. The van der Waals surface area contributed by atoms with E-state index in [-0.39, 0.29) is 10.8 Å². The largest absolute Gasteiger partial charge is 0.493 e. The Labute approximate surface area is 166 Å². The van der Waals surface area contributed by atoms with Crippen LogP contribution in [-0.4, -0.2) is 63.4 Å². The number of sulfonamides is 1. The molecular weight excluding hydrogens is 378 g/mol. The third-order valence-electron chi connectivity index (χ3n) is 4.64. The van der Waals surface area contributed by atoms with Crippen LogP contribution in [0, 0.1) is 0 Å². The Kier molecular flexibility index (Phi) is 6.33. The molecule has 1 amide bonds. The fraction of sp³-hybridized carbons (Fsp3) is 0.350. The lowest BCUT2D eigenvalue weighted by atomic mass is 10.2. The van der Waals surface area contributed by atoms with Crippen LogP contribution in [0.15, 0.2) is 53.4 Å². The first-order valence-corrected chi connectivity index (χ1v) is 10.7. The molecule has 7 nitrogen and oxygen atoms in total. The number of nitrogens with one attached hydrogen (secondary N) is 1. The van der Waals surface area contributed by atoms with Gasteiger partial charge in [-0.15, -0.1) is 0 Å². The zero-order valence-electron chi connectivity index (χ0n) is 16.1. The first kappa shape index (κ1) is 20.3. The van der Waals surface area contributed by atoms with Crippen molar-refractivity contribution in [1.29, 1.82) is 0 Å². The molecule has 1 aliphatic rings.